The summed E-state index contributed by atoms with van der Waals surface area (Å²) in [6, 6.07) is 3.02. The zero-order valence-corrected chi connectivity index (χ0v) is 12.3. The largest absolute Gasteiger partial charge is 0.398 e. The molecule has 0 saturated carbocycles. The van der Waals surface area contributed by atoms with Crippen LogP contribution in [0.5, 0.6) is 0 Å². The third kappa shape index (κ3) is 2.85. The minimum atomic E-state index is -3.54. The fourth-order valence-electron chi connectivity index (χ4n) is 1.87. The normalized spacial score (nSPS) is 20.2. The number of rotatable bonds is 3. The maximum Gasteiger partial charge on any atom is 0.241 e. The van der Waals surface area contributed by atoms with Gasteiger partial charge < -0.3 is 10.5 Å². The molecule has 0 amide bonds. The fraction of sp³-hybridized carbons (Fsp3) is 0.455. The number of sulfonamides is 1. The van der Waals surface area contributed by atoms with Crippen LogP contribution in [0.2, 0.25) is 0 Å². The van der Waals surface area contributed by atoms with Gasteiger partial charge in [0.1, 0.15) is 0 Å². The smallest absolute Gasteiger partial charge is 0.241 e. The Bertz CT molecular complexity index is 554. The van der Waals surface area contributed by atoms with E-state index in [0.717, 1.165) is 0 Å². The van der Waals surface area contributed by atoms with Gasteiger partial charge in [-0.3, -0.25) is 0 Å². The fourth-order valence-corrected chi connectivity index (χ4v) is 3.84. The molecular formula is C11H15BrN2O3S. The van der Waals surface area contributed by atoms with Crippen molar-refractivity contribution in [1.29, 1.82) is 0 Å². The van der Waals surface area contributed by atoms with Crippen molar-refractivity contribution >= 4 is 31.6 Å². The van der Waals surface area contributed by atoms with Crippen LogP contribution in [0.25, 0.3) is 0 Å². The first-order valence-electron chi connectivity index (χ1n) is 5.56. The molecule has 0 aromatic heterocycles. The second-order valence-corrected chi connectivity index (χ2v) is 6.86. The van der Waals surface area contributed by atoms with Crippen molar-refractivity contribution in [3.8, 4) is 0 Å². The number of nitrogens with one attached hydrogen (secondary N) is 1. The molecule has 2 rings (SSSR count). The molecule has 1 aliphatic rings. The highest BCUT2D eigenvalue weighted by atomic mass is 79.9. The number of ether oxygens (including phenoxy) is 1. The molecule has 0 radical (unpaired) electrons. The summed E-state index contributed by atoms with van der Waals surface area (Å²) in [4.78, 5) is 0.218. The molecular weight excluding hydrogens is 320 g/mol. The van der Waals surface area contributed by atoms with E-state index in [1.807, 2.05) is 0 Å². The van der Waals surface area contributed by atoms with Gasteiger partial charge in [0.15, 0.2) is 0 Å². The Hall–Kier alpha value is -0.630. The third-order valence-electron chi connectivity index (χ3n) is 2.84. The molecule has 1 heterocycles. The summed E-state index contributed by atoms with van der Waals surface area (Å²) < 4.78 is 33.0. The maximum atomic E-state index is 12.2. The Labute approximate surface area is 115 Å². The van der Waals surface area contributed by atoms with Crippen molar-refractivity contribution in [3.63, 3.8) is 0 Å². The predicted octanol–water partition coefficient (Wildman–Crippen LogP) is 1.41. The van der Waals surface area contributed by atoms with Gasteiger partial charge in [-0.15, -0.1) is 0 Å². The molecule has 1 aromatic carbocycles. The number of aryl methyl sites for hydroxylation is 1. The first-order chi connectivity index (χ1) is 8.40. The van der Waals surface area contributed by atoms with Gasteiger partial charge in [-0.1, -0.05) is 0 Å². The van der Waals surface area contributed by atoms with E-state index in [4.69, 9.17) is 10.5 Å². The number of hydrogen-bond donors (Lipinski definition) is 2. The summed E-state index contributed by atoms with van der Waals surface area (Å²) in [5, 5.41) is 0. The van der Waals surface area contributed by atoms with E-state index in [2.05, 4.69) is 20.7 Å². The first-order valence-corrected chi connectivity index (χ1v) is 7.83. The Morgan fingerprint density at radius 2 is 2.22 bits per heavy atom. The van der Waals surface area contributed by atoms with E-state index in [9.17, 15) is 8.42 Å². The number of benzene rings is 1. The van der Waals surface area contributed by atoms with Crippen molar-refractivity contribution in [3.05, 3.63) is 22.2 Å². The van der Waals surface area contributed by atoms with Gasteiger partial charge in [0.2, 0.25) is 10.0 Å². The van der Waals surface area contributed by atoms with Crippen LogP contribution in [0.4, 0.5) is 5.69 Å². The quantitative estimate of drug-likeness (QED) is 0.819. The molecule has 3 N–H and O–H groups in total. The molecule has 0 aliphatic carbocycles. The topological polar surface area (TPSA) is 81.4 Å². The van der Waals surface area contributed by atoms with Gasteiger partial charge in [0.25, 0.3) is 0 Å². The van der Waals surface area contributed by atoms with E-state index in [0.29, 0.717) is 35.4 Å². The number of anilines is 1. The Morgan fingerprint density at radius 3 is 2.83 bits per heavy atom. The van der Waals surface area contributed by atoms with Crippen LogP contribution in [0, 0.1) is 6.92 Å². The molecule has 1 unspecified atom stereocenters. The lowest BCUT2D eigenvalue weighted by atomic mass is 10.2. The zero-order chi connectivity index (χ0) is 13.3. The first kappa shape index (κ1) is 13.8. The van der Waals surface area contributed by atoms with Crippen LogP contribution in [-0.4, -0.2) is 27.7 Å². The van der Waals surface area contributed by atoms with E-state index < -0.39 is 10.0 Å². The number of hydrogen-bond acceptors (Lipinski definition) is 4. The summed E-state index contributed by atoms with van der Waals surface area (Å²) in [6.45, 7) is 2.75. The highest BCUT2D eigenvalue weighted by Gasteiger charge is 2.25. The van der Waals surface area contributed by atoms with Crippen LogP contribution in [-0.2, 0) is 14.8 Å². The van der Waals surface area contributed by atoms with Gasteiger partial charge in [0, 0.05) is 22.8 Å². The maximum absolute atomic E-state index is 12.2. The molecule has 1 aromatic rings. The minimum absolute atomic E-state index is 0.153. The van der Waals surface area contributed by atoms with Gasteiger partial charge in [0.05, 0.1) is 11.5 Å². The van der Waals surface area contributed by atoms with Gasteiger partial charge in [-0.05, 0) is 47.0 Å². The molecule has 1 saturated heterocycles. The van der Waals surface area contributed by atoms with Crippen molar-refractivity contribution in [2.24, 2.45) is 0 Å². The third-order valence-corrected chi connectivity index (χ3v) is 5.18. The Morgan fingerprint density at radius 1 is 1.50 bits per heavy atom. The molecule has 18 heavy (non-hydrogen) atoms. The molecule has 100 valence electrons. The molecule has 7 heteroatoms. The Balaban J connectivity index is 2.31. The van der Waals surface area contributed by atoms with E-state index >= 15 is 0 Å². The van der Waals surface area contributed by atoms with E-state index in [-0.39, 0.29) is 10.9 Å². The van der Waals surface area contributed by atoms with E-state index in [1.54, 1.807) is 13.0 Å². The van der Waals surface area contributed by atoms with Crippen molar-refractivity contribution in [1.82, 2.24) is 4.72 Å². The highest BCUT2D eigenvalue weighted by Crippen LogP contribution is 2.26. The van der Waals surface area contributed by atoms with Crippen LogP contribution in [0.3, 0.4) is 0 Å². The van der Waals surface area contributed by atoms with Gasteiger partial charge in [-0.25, -0.2) is 13.1 Å². The minimum Gasteiger partial charge on any atom is -0.398 e. The van der Waals surface area contributed by atoms with Crippen molar-refractivity contribution in [2.45, 2.75) is 24.3 Å². The lowest BCUT2D eigenvalue weighted by Crippen LogP contribution is -2.35. The number of nitrogen functional groups attached to an aromatic ring is 1. The van der Waals surface area contributed by atoms with Gasteiger partial charge >= 0.3 is 0 Å². The summed E-state index contributed by atoms with van der Waals surface area (Å²) >= 11 is 3.27. The van der Waals surface area contributed by atoms with Crippen LogP contribution >= 0.6 is 15.9 Å². The summed E-state index contributed by atoms with van der Waals surface area (Å²) in [7, 11) is -3.54. The SMILES string of the molecule is Cc1cc(Br)c(N)cc1S(=O)(=O)NC1CCOC1. The molecule has 0 spiro atoms. The predicted molar refractivity (Wildman–Crippen MR) is 72.8 cm³/mol. The second-order valence-electron chi connectivity index (χ2n) is 4.32. The highest BCUT2D eigenvalue weighted by molar-refractivity contribution is 9.10. The van der Waals surface area contributed by atoms with E-state index in [1.165, 1.54) is 6.07 Å². The summed E-state index contributed by atoms with van der Waals surface area (Å²) in [5.74, 6) is 0. The van der Waals surface area contributed by atoms with Gasteiger partial charge in [-0.2, -0.15) is 0 Å². The number of nitrogens with two attached hydrogens (primary N) is 1. The molecule has 1 aliphatic heterocycles. The lowest BCUT2D eigenvalue weighted by Gasteiger charge is -2.14. The second kappa shape index (κ2) is 5.16. The standard InChI is InChI=1S/C11H15BrN2O3S/c1-7-4-9(12)10(13)5-11(7)18(15,16)14-8-2-3-17-6-8/h4-5,8,14H,2-3,6,13H2,1H3. The van der Waals surface area contributed by atoms with Crippen molar-refractivity contribution < 1.29 is 13.2 Å². The average Bonchev–Trinajstić information content (AvgIpc) is 2.75. The molecule has 0 bridgehead atoms. The van der Waals surface area contributed by atoms with Crippen molar-refractivity contribution in [2.75, 3.05) is 18.9 Å². The summed E-state index contributed by atoms with van der Waals surface area (Å²) in [6.07, 6.45) is 0.699. The zero-order valence-electron chi connectivity index (χ0n) is 9.94. The Kier molecular flexibility index (Phi) is 3.96. The molecule has 5 nitrogen and oxygen atoms in total. The number of halogens is 1. The average molecular weight is 335 g/mol. The molecule has 1 fully saturated rings. The summed E-state index contributed by atoms with van der Waals surface area (Å²) in [5.41, 5.74) is 6.79. The lowest BCUT2D eigenvalue weighted by molar-refractivity contribution is 0.192. The van der Waals surface area contributed by atoms with Crippen LogP contribution < -0.4 is 10.5 Å². The molecule has 1 atom stereocenters. The van der Waals surface area contributed by atoms with Crippen LogP contribution in [0.1, 0.15) is 12.0 Å². The monoisotopic (exact) mass is 334 g/mol. The van der Waals surface area contributed by atoms with Crippen LogP contribution in [0.15, 0.2) is 21.5 Å².